The molecule has 2 aromatic carbocycles. The molecule has 0 saturated carbocycles. The van der Waals surface area contributed by atoms with Crippen LogP contribution in [-0.2, 0) is 21.4 Å². The number of methoxy groups -OCH3 is 4. The average Bonchev–Trinajstić information content (AvgIpc) is 2.78. The van der Waals surface area contributed by atoms with E-state index in [-0.39, 0.29) is 17.9 Å². The molecule has 0 atom stereocenters. The number of hydrogen-bond acceptors (Lipinski definition) is 8. The first-order valence-electron chi connectivity index (χ1n) is 8.97. The highest BCUT2D eigenvalue weighted by Gasteiger charge is 2.30. The van der Waals surface area contributed by atoms with Crippen LogP contribution in [0, 0.1) is 0 Å². The SMILES string of the molecule is COc1cc(OC)c(CC=NS(=O)(=O)N(C(=O)CO)c2ccccc2OC)c(OC)c1. The third-order valence-electron chi connectivity index (χ3n) is 4.22. The number of para-hydroxylation sites is 2. The van der Waals surface area contributed by atoms with Crippen molar-refractivity contribution in [1.29, 1.82) is 0 Å². The Labute approximate surface area is 180 Å². The molecular weight excluding hydrogens is 428 g/mol. The Balaban J connectivity index is 2.43. The van der Waals surface area contributed by atoms with Crippen LogP contribution in [0.5, 0.6) is 23.0 Å². The number of anilines is 1. The third-order valence-corrected chi connectivity index (χ3v) is 5.49. The molecule has 0 saturated heterocycles. The summed E-state index contributed by atoms with van der Waals surface area (Å²) >= 11 is 0. The highest BCUT2D eigenvalue weighted by molar-refractivity contribution is 7.92. The Morgan fingerprint density at radius 1 is 1.00 bits per heavy atom. The molecule has 2 rings (SSSR count). The van der Waals surface area contributed by atoms with Crippen molar-refractivity contribution in [3.8, 4) is 23.0 Å². The minimum Gasteiger partial charge on any atom is -0.496 e. The van der Waals surface area contributed by atoms with E-state index in [2.05, 4.69) is 4.40 Å². The lowest BCUT2D eigenvalue weighted by Crippen LogP contribution is -2.38. The molecule has 0 aliphatic carbocycles. The highest BCUT2D eigenvalue weighted by atomic mass is 32.2. The molecule has 0 fully saturated rings. The molecule has 0 aliphatic rings. The second kappa shape index (κ2) is 10.6. The summed E-state index contributed by atoms with van der Waals surface area (Å²) in [4.78, 5) is 12.2. The first-order chi connectivity index (χ1) is 14.8. The van der Waals surface area contributed by atoms with Crippen LogP contribution < -0.4 is 23.3 Å². The van der Waals surface area contributed by atoms with E-state index in [0.717, 1.165) is 6.21 Å². The van der Waals surface area contributed by atoms with E-state index in [1.807, 2.05) is 0 Å². The van der Waals surface area contributed by atoms with Crippen molar-refractivity contribution in [3.63, 3.8) is 0 Å². The number of aliphatic hydroxyl groups is 1. The zero-order valence-corrected chi connectivity index (χ0v) is 18.4. The monoisotopic (exact) mass is 452 g/mol. The van der Waals surface area contributed by atoms with E-state index in [9.17, 15) is 18.3 Å². The molecule has 0 aromatic heterocycles. The van der Waals surface area contributed by atoms with Gasteiger partial charge in [-0.2, -0.15) is 17.1 Å². The predicted octanol–water partition coefficient (Wildman–Crippen LogP) is 1.60. The molecule has 0 radical (unpaired) electrons. The van der Waals surface area contributed by atoms with Crippen LogP contribution in [0.1, 0.15) is 5.56 Å². The molecule has 10 nitrogen and oxygen atoms in total. The number of rotatable bonds is 10. The molecule has 0 bridgehead atoms. The lowest BCUT2D eigenvalue weighted by atomic mass is 10.1. The molecule has 1 N–H and O–H groups in total. The van der Waals surface area contributed by atoms with Crippen LogP contribution in [0.4, 0.5) is 5.69 Å². The number of amides is 1. The summed E-state index contributed by atoms with van der Waals surface area (Å²) in [6, 6.07) is 9.24. The van der Waals surface area contributed by atoms with E-state index < -0.39 is 22.7 Å². The molecule has 2 aromatic rings. The minimum absolute atomic E-state index is 0.0165. The van der Waals surface area contributed by atoms with Crippen molar-refractivity contribution in [1.82, 2.24) is 0 Å². The Bertz CT molecular complexity index is 1030. The summed E-state index contributed by atoms with van der Waals surface area (Å²) in [6.45, 7) is -1.03. The molecule has 168 valence electrons. The molecule has 31 heavy (non-hydrogen) atoms. The van der Waals surface area contributed by atoms with Crippen LogP contribution in [0.3, 0.4) is 0 Å². The van der Waals surface area contributed by atoms with Gasteiger partial charge >= 0.3 is 10.2 Å². The lowest BCUT2D eigenvalue weighted by Gasteiger charge is -2.21. The molecule has 1 amide bonds. The fourth-order valence-electron chi connectivity index (χ4n) is 2.80. The average molecular weight is 452 g/mol. The Hall–Kier alpha value is -3.31. The predicted molar refractivity (Wildman–Crippen MR) is 115 cm³/mol. The Morgan fingerprint density at radius 2 is 1.58 bits per heavy atom. The zero-order valence-electron chi connectivity index (χ0n) is 17.6. The van der Waals surface area contributed by atoms with Gasteiger partial charge in [-0.1, -0.05) is 12.1 Å². The topological polar surface area (TPSA) is 124 Å². The van der Waals surface area contributed by atoms with Crippen LogP contribution >= 0.6 is 0 Å². The largest absolute Gasteiger partial charge is 0.496 e. The second-order valence-electron chi connectivity index (χ2n) is 5.97. The van der Waals surface area contributed by atoms with Crippen LogP contribution in [-0.4, -0.2) is 60.7 Å². The van der Waals surface area contributed by atoms with Gasteiger partial charge in [0.25, 0.3) is 5.91 Å². The number of aliphatic hydroxyl groups excluding tert-OH is 1. The van der Waals surface area contributed by atoms with Gasteiger partial charge in [0.1, 0.15) is 35.3 Å². The third kappa shape index (κ3) is 5.44. The van der Waals surface area contributed by atoms with E-state index in [1.54, 1.807) is 18.2 Å². The number of nitrogens with zero attached hydrogens (tertiary/aromatic N) is 2. The normalized spacial score (nSPS) is 11.3. The van der Waals surface area contributed by atoms with Gasteiger partial charge in [0.2, 0.25) is 0 Å². The fraction of sp³-hybridized carbons (Fsp3) is 0.300. The summed E-state index contributed by atoms with van der Waals surface area (Å²) in [7, 11) is 1.20. The van der Waals surface area contributed by atoms with Crippen molar-refractivity contribution >= 4 is 28.0 Å². The van der Waals surface area contributed by atoms with Gasteiger partial charge < -0.3 is 24.1 Å². The Morgan fingerprint density at radius 3 is 2.10 bits per heavy atom. The van der Waals surface area contributed by atoms with Gasteiger partial charge in [0.05, 0.1) is 28.4 Å². The van der Waals surface area contributed by atoms with Gasteiger partial charge in [0, 0.05) is 30.3 Å². The molecule has 0 spiro atoms. The number of benzene rings is 2. The maximum Gasteiger partial charge on any atom is 0.351 e. The molecular formula is C20H24N2O8S. The number of ether oxygens (including phenoxy) is 4. The van der Waals surface area contributed by atoms with Crippen LogP contribution in [0.2, 0.25) is 0 Å². The van der Waals surface area contributed by atoms with Crippen LogP contribution in [0.15, 0.2) is 40.8 Å². The lowest BCUT2D eigenvalue weighted by molar-refractivity contribution is -0.120. The summed E-state index contributed by atoms with van der Waals surface area (Å²) in [5.74, 6) is 0.363. The fourth-order valence-corrected chi connectivity index (χ4v) is 3.87. The number of hydrogen-bond donors (Lipinski definition) is 1. The quantitative estimate of drug-likeness (QED) is 0.539. The van der Waals surface area contributed by atoms with E-state index in [1.165, 1.54) is 46.6 Å². The highest BCUT2D eigenvalue weighted by Crippen LogP contribution is 2.34. The van der Waals surface area contributed by atoms with Crippen molar-refractivity contribution < 1.29 is 37.3 Å². The second-order valence-corrected chi connectivity index (χ2v) is 7.44. The minimum atomic E-state index is -4.53. The van der Waals surface area contributed by atoms with Crippen molar-refractivity contribution in [2.24, 2.45) is 4.40 Å². The summed E-state index contributed by atoms with van der Waals surface area (Å²) in [5, 5.41) is 9.29. The number of carbonyl (C=O) groups excluding carboxylic acids is 1. The molecule has 0 heterocycles. The maximum atomic E-state index is 12.9. The van der Waals surface area contributed by atoms with Gasteiger partial charge in [-0.25, -0.2) is 0 Å². The van der Waals surface area contributed by atoms with Gasteiger partial charge in [-0.15, -0.1) is 0 Å². The zero-order chi connectivity index (χ0) is 23.0. The van der Waals surface area contributed by atoms with Crippen molar-refractivity contribution in [2.45, 2.75) is 6.42 Å². The summed E-state index contributed by atoms with van der Waals surface area (Å²) < 4.78 is 50.7. The summed E-state index contributed by atoms with van der Waals surface area (Å²) in [5.41, 5.74) is 0.461. The summed E-state index contributed by atoms with van der Waals surface area (Å²) in [6.07, 6.45) is 1.12. The van der Waals surface area contributed by atoms with Crippen molar-refractivity contribution in [3.05, 3.63) is 42.0 Å². The molecule has 0 unspecified atom stereocenters. The smallest absolute Gasteiger partial charge is 0.351 e. The van der Waals surface area contributed by atoms with Gasteiger partial charge in [-0.05, 0) is 12.1 Å². The van der Waals surface area contributed by atoms with Crippen LogP contribution in [0.25, 0.3) is 0 Å². The first kappa shape index (κ1) is 24.0. The van der Waals surface area contributed by atoms with E-state index >= 15 is 0 Å². The van der Waals surface area contributed by atoms with Gasteiger partial charge in [-0.3, -0.25) is 4.79 Å². The molecule has 0 aliphatic heterocycles. The first-order valence-corrected chi connectivity index (χ1v) is 10.4. The van der Waals surface area contributed by atoms with E-state index in [4.69, 9.17) is 18.9 Å². The molecule has 11 heteroatoms. The van der Waals surface area contributed by atoms with E-state index in [0.29, 0.717) is 27.1 Å². The maximum absolute atomic E-state index is 12.9. The van der Waals surface area contributed by atoms with Gasteiger partial charge in [0.15, 0.2) is 0 Å². The Kier molecular flexibility index (Phi) is 8.22. The standard InChI is InChI=1S/C20H24N2O8S/c1-27-14-11-18(29-3)15(19(12-14)30-4)9-10-21-31(25,26)22(20(24)13-23)16-7-5-6-8-17(16)28-2/h5-8,10-12,23H,9,13H2,1-4H3. The van der Waals surface area contributed by atoms with Crippen molar-refractivity contribution in [2.75, 3.05) is 39.4 Å². The number of carbonyl (C=O) groups is 1.